The molecular formula is C20H12ClF5N4O5. The maximum absolute atomic E-state index is 14.4. The van der Waals surface area contributed by atoms with Gasteiger partial charge in [0.25, 0.3) is 5.56 Å². The third-order valence-corrected chi connectivity index (χ3v) is 4.55. The fourth-order valence-corrected chi connectivity index (χ4v) is 3.00. The fraction of sp³-hybridized carbons (Fsp3) is 0.200. The summed E-state index contributed by atoms with van der Waals surface area (Å²) < 4.78 is 79.4. The summed E-state index contributed by atoms with van der Waals surface area (Å²) in [6.45, 7) is -1.53. The Labute approximate surface area is 197 Å². The number of rotatable bonds is 7. The molecule has 35 heavy (non-hydrogen) atoms. The van der Waals surface area contributed by atoms with Gasteiger partial charge in [0.1, 0.15) is 19.2 Å². The first-order chi connectivity index (χ1) is 16.5. The first-order valence-electron chi connectivity index (χ1n) is 9.35. The number of benzene rings is 1. The van der Waals surface area contributed by atoms with Crippen molar-refractivity contribution in [2.75, 3.05) is 13.2 Å². The fourth-order valence-electron chi connectivity index (χ4n) is 2.79. The summed E-state index contributed by atoms with van der Waals surface area (Å²) in [6.07, 6.45) is -4.11. The number of aliphatic hydroxyl groups is 1. The summed E-state index contributed by atoms with van der Waals surface area (Å²) in [5.41, 5.74) is -4.40. The molecular weight excluding hydrogens is 507 g/mol. The summed E-state index contributed by atoms with van der Waals surface area (Å²) >= 11 is 5.74. The summed E-state index contributed by atoms with van der Waals surface area (Å²) in [5, 5.41) is 29.6. The van der Waals surface area contributed by atoms with Crippen LogP contribution in [0, 0.1) is 28.2 Å². The average Bonchev–Trinajstić information content (AvgIpc) is 2.78. The van der Waals surface area contributed by atoms with Gasteiger partial charge in [-0.25, -0.2) is 13.8 Å². The minimum absolute atomic E-state index is 0.0935. The second-order valence-corrected chi connectivity index (χ2v) is 7.14. The van der Waals surface area contributed by atoms with Crippen molar-refractivity contribution in [3.8, 4) is 23.3 Å². The molecule has 0 amide bonds. The van der Waals surface area contributed by atoms with Crippen LogP contribution in [0.25, 0.3) is 0 Å². The Bertz CT molecular complexity index is 1370. The summed E-state index contributed by atoms with van der Waals surface area (Å²) in [5.74, 6) is -5.35. The number of halogens is 6. The van der Waals surface area contributed by atoms with E-state index < -0.39 is 70.7 Å². The van der Waals surface area contributed by atoms with Crippen molar-refractivity contribution in [3.05, 3.63) is 79.9 Å². The zero-order valence-electron chi connectivity index (χ0n) is 17.1. The van der Waals surface area contributed by atoms with E-state index in [0.717, 1.165) is 12.1 Å². The molecule has 0 aliphatic heterocycles. The van der Waals surface area contributed by atoms with Gasteiger partial charge in [0.2, 0.25) is 23.4 Å². The Kier molecular flexibility index (Phi) is 7.42. The minimum atomic E-state index is -5.21. The Morgan fingerprint density at radius 3 is 2.60 bits per heavy atom. The van der Waals surface area contributed by atoms with E-state index in [4.69, 9.17) is 31.4 Å². The predicted molar refractivity (Wildman–Crippen MR) is 107 cm³/mol. The molecule has 0 aliphatic rings. The van der Waals surface area contributed by atoms with Crippen LogP contribution in [0.15, 0.2) is 35.5 Å². The molecule has 3 rings (SSSR count). The number of nitriles is 1. The first-order valence-corrected chi connectivity index (χ1v) is 9.73. The molecule has 0 aliphatic carbocycles. The van der Waals surface area contributed by atoms with Crippen LogP contribution in [-0.2, 0) is 12.7 Å². The molecule has 0 bridgehead atoms. The van der Waals surface area contributed by atoms with Gasteiger partial charge in [-0.2, -0.15) is 23.2 Å². The number of aromatic nitrogens is 3. The number of hydrogen-bond donors (Lipinski definition) is 1. The summed E-state index contributed by atoms with van der Waals surface area (Å²) in [7, 11) is 0. The molecule has 0 atom stereocenters. The van der Waals surface area contributed by atoms with E-state index in [-0.39, 0.29) is 16.4 Å². The Balaban J connectivity index is 2.08. The number of nitrogens with zero attached hydrogens (tertiary/aromatic N) is 4. The van der Waals surface area contributed by atoms with Crippen molar-refractivity contribution in [1.29, 1.82) is 5.26 Å². The van der Waals surface area contributed by atoms with Crippen LogP contribution in [0.2, 0.25) is 5.02 Å². The number of pyridine rings is 1. The van der Waals surface area contributed by atoms with Crippen LogP contribution in [-0.4, -0.2) is 27.9 Å². The maximum Gasteiger partial charge on any atom is 0.437 e. The Morgan fingerprint density at radius 2 is 1.97 bits per heavy atom. The smallest absolute Gasteiger partial charge is 0.437 e. The van der Waals surface area contributed by atoms with Crippen molar-refractivity contribution in [1.82, 2.24) is 9.55 Å². The van der Waals surface area contributed by atoms with Crippen molar-refractivity contribution in [3.63, 3.8) is 0 Å². The van der Waals surface area contributed by atoms with Crippen LogP contribution in [0.4, 0.5) is 22.0 Å². The highest BCUT2D eigenvalue weighted by molar-refractivity contribution is 6.30. The SMILES string of the molecule is N#Cc1cc(Cl)cc(Oc2c(C(F)(F)F)ncn(Cc3cc(F)c(OCCO)c[n+]3[O-])c2=O)c1F. The minimum Gasteiger partial charge on any atom is -0.618 e. The lowest BCUT2D eigenvalue weighted by molar-refractivity contribution is -0.615. The predicted octanol–water partition coefficient (Wildman–Crippen LogP) is 2.91. The van der Waals surface area contributed by atoms with E-state index >= 15 is 0 Å². The van der Waals surface area contributed by atoms with Gasteiger partial charge < -0.3 is 19.8 Å². The van der Waals surface area contributed by atoms with Crippen LogP contribution in [0.5, 0.6) is 17.2 Å². The van der Waals surface area contributed by atoms with Gasteiger partial charge in [-0.05, 0) is 6.07 Å². The second-order valence-electron chi connectivity index (χ2n) is 6.71. The Morgan fingerprint density at radius 1 is 1.26 bits per heavy atom. The molecule has 0 unspecified atom stereocenters. The third-order valence-electron chi connectivity index (χ3n) is 4.33. The highest BCUT2D eigenvalue weighted by Gasteiger charge is 2.39. The zero-order chi connectivity index (χ0) is 25.9. The molecule has 1 aromatic carbocycles. The van der Waals surface area contributed by atoms with Gasteiger partial charge in [0, 0.05) is 17.2 Å². The molecule has 0 saturated heterocycles. The lowest BCUT2D eigenvalue weighted by Gasteiger charge is -2.15. The molecule has 0 spiro atoms. The van der Waals surface area contributed by atoms with Crippen molar-refractivity contribution >= 4 is 11.6 Å². The largest absolute Gasteiger partial charge is 0.618 e. The van der Waals surface area contributed by atoms with Crippen LogP contribution >= 0.6 is 11.6 Å². The van der Waals surface area contributed by atoms with Crippen molar-refractivity contribution in [2.45, 2.75) is 12.7 Å². The molecule has 3 aromatic rings. The number of ether oxygens (including phenoxy) is 2. The molecule has 0 radical (unpaired) electrons. The summed E-state index contributed by atoms with van der Waals surface area (Å²) in [6, 6.07) is 3.75. The van der Waals surface area contributed by atoms with Crippen LogP contribution in [0.1, 0.15) is 17.0 Å². The van der Waals surface area contributed by atoms with Gasteiger partial charge in [-0.15, -0.1) is 0 Å². The standard InChI is InChI=1S/C20H12ClF5N4O5/c21-11-3-10(6-27)16(23)14(4-11)35-17-18(20(24,25)26)28-9-29(19(17)32)7-12-5-13(22)15(8-30(12)33)34-2-1-31/h3-5,8-9,31H,1-2,7H2. The van der Waals surface area contributed by atoms with Gasteiger partial charge in [0.15, 0.2) is 23.1 Å². The monoisotopic (exact) mass is 518 g/mol. The van der Waals surface area contributed by atoms with Gasteiger partial charge in [0.05, 0.1) is 18.5 Å². The maximum atomic E-state index is 14.4. The van der Waals surface area contributed by atoms with Gasteiger partial charge in [-0.3, -0.25) is 9.36 Å². The van der Waals surface area contributed by atoms with E-state index in [1.807, 2.05) is 0 Å². The molecule has 15 heteroatoms. The van der Waals surface area contributed by atoms with E-state index in [9.17, 15) is 32.0 Å². The van der Waals surface area contributed by atoms with Crippen molar-refractivity contribution < 1.29 is 41.3 Å². The molecule has 9 nitrogen and oxygen atoms in total. The van der Waals surface area contributed by atoms with E-state index in [2.05, 4.69) is 4.98 Å². The zero-order valence-corrected chi connectivity index (χ0v) is 17.9. The van der Waals surface area contributed by atoms with Crippen molar-refractivity contribution in [2.24, 2.45) is 0 Å². The summed E-state index contributed by atoms with van der Waals surface area (Å²) in [4.78, 5) is 16.0. The molecule has 2 heterocycles. The molecule has 184 valence electrons. The molecule has 2 aromatic heterocycles. The lowest BCUT2D eigenvalue weighted by Crippen LogP contribution is -2.36. The third kappa shape index (κ3) is 5.58. The molecule has 0 fully saturated rings. The lowest BCUT2D eigenvalue weighted by atomic mass is 10.2. The highest BCUT2D eigenvalue weighted by Crippen LogP contribution is 2.36. The Hall–Kier alpha value is -3.96. The highest BCUT2D eigenvalue weighted by atomic mass is 35.5. The second kappa shape index (κ2) is 10.1. The van der Waals surface area contributed by atoms with Crippen LogP contribution < -0.4 is 19.8 Å². The number of aliphatic hydroxyl groups excluding tert-OH is 1. The van der Waals surface area contributed by atoms with Gasteiger partial charge >= 0.3 is 6.18 Å². The number of alkyl halides is 3. The molecule has 1 N–H and O–H groups in total. The van der Waals surface area contributed by atoms with Gasteiger partial charge in [-0.1, -0.05) is 11.6 Å². The first kappa shape index (κ1) is 25.7. The number of hydrogen-bond acceptors (Lipinski definition) is 7. The topological polar surface area (TPSA) is 124 Å². The molecule has 0 saturated carbocycles. The normalized spacial score (nSPS) is 11.3. The van der Waals surface area contributed by atoms with E-state index in [1.54, 1.807) is 0 Å². The van der Waals surface area contributed by atoms with Crippen LogP contribution in [0.3, 0.4) is 0 Å². The average molecular weight is 519 g/mol. The van der Waals surface area contributed by atoms with E-state index in [0.29, 0.717) is 23.2 Å². The quantitative estimate of drug-likeness (QED) is 0.290. The van der Waals surface area contributed by atoms with E-state index in [1.165, 1.54) is 6.07 Å².